The van der Waals surface area contributed by atoms with Crippen LogP contribution in [-0.2, 0) is 4.74 Å². The third-order valence-corrected chi connectivity index (χ3v) is 4.39. The molecule has 0 bridgehead atoms. The first kappa shape index (κ1) is 16.7. The van der Waals surface area contributed by atoms with E-state index in [2.05, 4.69) is 29.0 Å². The molecule has 1 aromatic heterocycles. The third-order valence-electron chi connectivity index (χ3n) is 4.39. The van der Waals surface area contributed by atoms with Crippen molar-refractivity contribution in [2.45, 2.75) is 45.9 Å². The van der Waals surface area contributed by atoms with Crippen molar-refractivity contribution in [3.8, 4) is 0 Å². The van der Waals surface area contributed by atoms with Crippen LogP contribution in [0, 0.1) is 13.8 Å². The van der Waals surface area contributed by atoms with Gasteiger partial charge in [0.15, 0.2) is 0 Å². The van der Waals surface area contributed by atoms with Gasteiger partial charge in [0.05, 0.1) is 12.1 Å². The van der Waals surface area contributed by atoms with E-state index in [0.29, 0.717) is 6.04 Å². The third kappa shape index (κ3) is 3.39. The maximum Gasteiger partial charge on any atom is 0.261 e. The van der Waals surface area contributed by atoms with E-state index >= 15 is 0 Å². The van der Waals surface area contributed by atoms with Gasteiger partial charge in [-0.05, 0) is 39.3 Å². The number of aromatic nitrogens is 1. The first-order chi connectivity index (χ1) is 10.3. The van der Waals surface area contributed by atoms with Crippen LogP contribution in [0.3, 0.4) is 0 Å². The molecule has 2 N–H and O–H groups in total. The Morgan fingerprint density at radius 2 is 2.09 bits per heavy atom. The highest BCUT2D eigenvalue weighted by atomic mass is 16.5. The fraction of sp³-hybridized carbons (Fsp3) is 0.625. The number of aromatic amines is 1. The predicted molar refractivity (Wildman–Crippen MR) is 85.3 cm³/mol. The Kier molecular flexibility index (Phi) is 5.03. The van der Waals surface area contributed by atoms with E-state index in [9.17, 15) is 9.59 Å². The number of carbonyl (C=O) groups excluding carboxylic acids is 1. The molecule has 1 saturated heterocycles. The predicted octanol–water partition coefficient (Wildman–Crippen LogP) is 0.829. The van der Waals surface area contributed by atoms with Crippen molar-refractivity contribution < 1.29 is 9.53 Å². The molecule has 0 radical (unpaired) electrons. The average Bonchev–Trinajstić information content (AvgIpc) is 2.86. The molecule has 1 aromatic rings. The van der Waals surface area contributed by atoms with E-state index in [4.69, 9.17) is 4.74 Å². The summed E-state index contributed by atoms with van der Waals surface area (Å²) in [5.41, 5.74) is 1.47. The second-order valence-corrected chi connectivity index (χ2v) is 6.22. The number of likely N-dealkylation sites (tertiary alicyclic amines) is 1. The van der Waals surface area contributed by atoms with Crippen molar-refractivity contribution in [1.29, 1.82) is 0 Å². The minimum Gasteiger partial charge on any atom is -0.378 e. The van der Waals surface area contributed by atoms with Crippen molar-refractivity contribution >= 4 is 5.91 Å². The van der Waals surface area contributed by atoms with Crippen LogP contribution in [0.1, 0.15) is 35.5 Å². The highest BCUT2D eigenvalue weighted by molar-refractivity contribution is 5.94. The minimum absolute atomic E-state index is 0.0584. The number of ether oxygens (including phenoxy) is 1. The summed E-state index contributed by atoms with van der Waals surface area (Å²) >= 11 is 0. The highest BCUT2D eigenvalue weighted by Gasteiger charge is 2.35. The van der Waals surface area contributed by atoms with Crippen molar-refractivity contribution in [3.63, 3.8) is 0 Å². The van der Waals surface area contributed by atoms with Crippen LogP contribution in [-0.4, -0.2) is 54.2 Å². The van der Waals surface area contributed by atoms with Gasteiger partial charge in [0.25, 0.3) is 11.5 Å². The molecule has 1 amide bonds. The number of pyridine rings is 1. The first-order valence-electron chi connectivity index (χ1n) is 7.61. The lowest BCUT2D eigenvalue weighted by atomic mass is 10.1. The number of rotatable bonds is 4. The number of nitrogens with one attached hydrogen (secondary N) is 2. The zero-order chi connectivity index (χ0) is 16.4. The first-order valence-corrected chi connectivity index (χ1v) is 7.61. The molecule has 122 valence electrons. The van der Waals surface area contributed by atoms with Crippen LogP contribution in [0.25, 0.3) is 0 Å². The Morgan fingerprint density at radius 1 is 1.41 bits per heavy atom. The molecule has 22 heavy (non-hydrogen) atoms. The van der Waals surface area contributed by atoms with Gasteiger partial charge >= 0.3 is 0 Å². The summed E-state index contributed by atoms with van der Waals surface area (Å²) in [4.78, 5) is 29.4. The Bertz CT molecular complexity index is 609. The van der Waals surface area contributed by atoms with Gasteiger partial charge in [-0.2, -0.15) is 0 Å². The molecular formula is C16H25N3O3. The van der Waals surface area contributed by atoms with E-state index in [1.807, 2.05) is 13.8 Å². The number of H-pyrrole nitrogens is 1. The van der Waals surface area contributed by atoms with E-state index in [1.54, 1.807) is 13.2 Å². The van der Waals surface area contributed by atoms with E-state index in [0.717, 1.165) is 24.3 Å². The van der Waals surface area contributed by atoms with Crippen molar-refractivity contribution in [1.82, 2.24) is 15.2 Å². The Balaban J connectivity index is 2.15. The van der Waals surface area contributed by atoms with Crippen LogP contribution in [0.2, 0.25) is 0 Å². The maximum absolute atomic E-state index is 12.4. The van der Waals surface area contributed by atoms with Crippen LogP contribution < -0.4 is 10.9 Å². The zero-order valence-electron chi connectivity index (χ0n) is 13.9. The van der Waals surface area contributed by atoms with E-state index in [1.165, 1.54) is 0 Å². The summed E-state index contributed by atoms with van der Waals surface area (Å²) in [6.45, 7) is 9.43. The van der Waals surface area contributed by atoms with Gasteiger partial charge in [-0.15, -0.1) is 0 Å². The summed E-state index contributed by atoms with van der Waals surface area (Å²) < 4.78 is 5.47. The highest BCUT2D eigenvalue weighted by Crippen LogP contribution is 2.16. The van der Waals surface area contributed by atoms with Gasteiger partial charge in [0, 0.05) is 31.9 Å². The zero-order valence-corrected chi connectivity index (χ0v) is 13.9. The molecule has 2 rings (SSSR count). The van der Waals surface area contributed by atoms with E-state index < -0.39 is 0 Å². The molecule has 6 heteroatoms. The van der Waals surface area contributed by atoms with Crippen LogP contribution >= 0.6 is 0 Å². The topological polar surface area (TPSA) is 74.4 Å². The molecule has 2 heterocycles. The lowest BCUT2D eigenvalue weighted by molar-refractivity contribution is 0.0752. The molecule has 0 aliphatic carbocycles. The molecule has 0 unspecified atom stereocenters. The Hall–Kier alpha value is -1.66. The van der Waals surface area contributed by atoms with Crippen LogP contribution in [0.5, 0.6) is 0 Å². The molecule has 6 nitrogen and oxygen atoms in total. The normalized spacial score (nSPS) is 22.3. The quantitative estimate of drug-likeness (QED) is 0.864. The van der Waals surface area contributed by atoms with Gasteiger partial charge in [-0.25, -0.2) is 0 Å². The van der Waals surface area contributed by atoms with Gasteiger partial charge in [-0.1, -0.05) is 0 Å². The number of methoxy groups -OCH3 is 1. The number of hydrogen-bond donors (Lipinski definition) is 2. The number of nitrogens with zero attached hydrogens (tertiary/aromatic N) is 1. The number of carbonyl (C=O) groups is 1. The van der Waals surface area contributed by atoms with Gasteiger partial charge in [0.2, 0.25) is 0 Å². The molecule has 0 saturated carbocycles. The fourth-order valence-electron chi connectivity index (χ4n) is 2.74. The second-order valence-electron chi connectivity index (χ2n) is 6.22. The molecule has 1 fully saturated rings. The van der Waals surface area contributed by atoms with E-state index in [-0.39, 0.29) is 29.2 Å². The Labute approximate surface area is 130 Å². The number of aryl methyl sites for hydroxylation is 2. The molecule has 0 spiro atoms. The molecule has 2 atom stereocenters. The standard InChI is InChI=1S/C16H25N3O3/c1-9(2)19-7-13(14(8-19)22-5)18-16(21)12-6-10(3)11(4)17-15(12)20/h6,9,13-14H,7-8H2,1-5H3,(H,17,20)(H,18,21)/t13-,14-/m1/s1. The summed E-state index contributed by atoms with van der Waals surface area (Å²) in [5.74, 6) is -0.345. The number of amides is 1. The number of hydrogen-bond acceptors (Lipinski definition) is 4. The van der Waals surface area contributed by atoms with Gasteiger partial charge < -0.3 is 15.0 Å². The summed E-state index contributed by atoms with van der Waals surface area (Å²) in [7, 11) is 1.65. The second kappa shape index (κ2) is 6.62. The van der Waals surface area contributed by atoms with Gasteiger partial charge in [0.1, 0.15) is 5.56 Å². The van der Waals surface area contributed by atoms with Crippen LogP contribution in [0.4, 0.5) is 0 Å². The smallest absolute Gasteiger partial charge is 0.261 e. The van der Waals surface area contributed by atoms with Gasteiger partial charge in [-0.3, -0.25) is 14.5 Å². The summed E-state index contributed by atoms with van der Waals surface area (Å²) in [5, 5.41) is 2.94. The Morgan fingerprint density at radius 3 is 2.68 bits per heavy atom. The SMILES string of the molecule is CO[C@@H]1CN(C(C)C)C[C@H]1NC(=O)c1cc(C)c(C)[nH]c1=O. The summed E-state index contributed by atoms with van der Waals surface area (Å²) in [6.07, 6.45) is -0.0584. The van der Waals surface area contributed by atoms with Crippen molar-refractivity contribution in [2.24, 2.45) is 0 Å². The molecule has 1 aliphatic heterocycles. The lowest BCUT2D eigenvalue weighted by Gasteiger charge is -2.20. The van der Waals surface area contributed by atoms with Crippen LogP contribution in [0.15, 0.2) is 10.9 Å². The average molecular weight is 307 g/mol. The van der Waals surface area contributed by atoms with Crippen molar-refractivity contribution in [2.75, 3.05) is 20.2 Å². The molecule has 0 aromatic carbocycles. The lowest BCUT2D eigenvalue weighted by Crippen LogP contribution is -2.45. The largest absolute Gasteiger partial charge is 0.378 e. The monoisotopic (exact) mass is 307 g/mol. The maximum atomic E-state index is 12.4. The fourth-order valence-corrected chi connectivity index (χ4v) is 2.74. The molecule has 1 aliphatic rings. The minimum atomic E-state index is -0.353. The molecular weight excluding hydrogens is 282 g/mol. The van der Waals surface area contributed by atoms with Crippen molar-refractivity contribution in [3.05, 3.63) is 33.2 Å². The summed E-state index contributed by atoms with van der Waals surface area (Å²) in [6, 6.07) is 1.92.